The molecule has 3 atom stereocenters. The van der Waals surface area contributed by atoms with Crippen molar-refractivity contribution in [1.29, 1.82) is 0 Å². The number of halogens is 1. The molecule has 3 unspecified atom stereocenters. The van der Waals surface area contributed by atoms with Gasteiger partial charge in [0.25, 0.3) is 0 Å². The average molecular weight is 294 g/mol. The minimum Gasteiger partial charge on any atom is -0.378 e. The van der Waals surface area contributed by atoms with Gasteiger partial charge in [0.05, 0.1) is 29.3 Å². The van der Waals surface area contributed by atoms with Gasteiger partial charge < -0.3 is 10.1 Å². The second-order valence-corrected chi connectivity index (χ2v) is 6.51. The Labute approximate surface area is 103 Å². The average Bonchev–Trinajstić information content (AvgIpc) is 2.66. The predicted molar refractivity (Wildman–Crippen MR) is 65.6 cm³/mol. The molecule has 0 aliphatic carbocycles. The largest absolute Gasteiger partial charge is 0.378 e. The van der Waals surface area contributed by atoms with Gasteiger partial charge in [0.1, 0.15) is 0 Å². The molecule has 3 nitrogen and oxygen atoms in total. The molecule has 0 aromatic rings. The highest BCUT2D eigenvalue weighted by atomic mass is 79.9. The van der Waals surface area contributed by atoms with Crippen molar-refractivity contribution in [2.24, 2.45) is 0 Å². The molecule has 15 heavy (non-hydrogen) atoms. The van der Waals surface area contributed by atoms with Gasteiger partial charge in [-0.2, -0.15) is 0 Å². The van der Waals surface area contributed by atoms with E-state index in [1.807, 2.05) is 0 Å². The fraction of sp³-hybridized carbons (Fsp3) is 0.900. The molecule has 1 amide bonds. The molecule has 86 valence electrons. The van der Waals surface area contributed by atoms with Gasteiger partial charge in [-0.05, 0) is 18.6 Å². The molecule has 0 spiro atoms. The SMILES string of the molecule is O=C(NC1COCC1Br)C1CCCCS1. The van der Waals surface area contributed by atoms with Gasteiger partial charge in [0, 0.05) is 0 Å². The maximum Gasteiger partial charge on any atom is 0.233 e. The standard InChI is InChI=1S/C10H16BrNO2S/c11-7-5-14-6-8(7)12-10(13)9-3-1-2-4-15-9/h7-9H,1-6H2,(H,12,13). The number of hydrogen-bond donors (Lipinski definition) is 1. The number of rotatable bonds is 2. The predicted octanol–water partition coefficient (Wildman–Crippen LogP) is 1.55. The van der Waals surface area contributed by atoms with Crippen molar-refractivity contribution in [3.63, 3.8) is 0 Å². The molecule has 2 aliphatic rings. The van der Waals surface area contributed by atoms with Crippen LogP contribution in [0.4, 0.5) is 0 Å². The maximum absolute atomic E-state index is 11.9. The van der Waals surface area contributed by atoms with Crippen molar-refractivity contribution in [2.75, 3.05) is 19.0 Å². The fourth-order valence-electron chi connectivity index (χ4n) is 1.88. The Kier molecular flexibility index (Phi) is 4.34. The van der Waals surface area contributed by atoms with Crippen LogP contribution in [-0.2, 0) is 9.53 Å². The van der Waals surface area contributed by atoms with E-state index in [1.54, 1.807) is 11.8 Å². The Morgan fingerprint density at radius 3 is 2.87 bits per heavy atom. The lowest BCUT2D eigenvalue weighted by Gasteiger charge is -2.23. The molecular formula is C10H16BrNO2S. The summed E-state index contributed by atoms with van der Waals surface area (Å²) in [4.78, 5) is 12.2. The maximum atomic E-state index is 11.9. The Balaban J connectivity index is 1.80. The minimum atomic E-state index is 0.153. The van der Waals surface area contributed by atoms with Crippen LogP contribution in [0.3, 0.4) is 0 Å². The second kappa shape index (κ2) is 5.55. The second-order valence-electron chi connectivity index (χ2n) is 4.02. The minimum absolute atomic E-state index is 0.153. The third-order valence-corrected chi connectivity index (χ3v) is 5.09. The van der Waals surface area contributed by atoms with Crippen LogP contribution >= 0.6 is 27.7 Å². The van der Waals surface area contributed by atoms with Crippen LogP contribution in [0.15, 0.2) is 0 Å². The van der Waals surface area contributed by atoms with E-state index in [0.717, 1.165) is 12.2 Å². The van der Waals surface area contributed by atoms with Crippen molar-refractivity contribution in [2.45, 2.75) is 35.4 Å². The molecule has 2 aliphatic heterocycles. The number of thioether (sulfide) groups is 1. The third kappa shape index (κ3) is 3.11. The number of amides is 1. The Hall–Kier alpha value is 0.260. The lowest BCUT2D eigenvalue weighted by molar-refractivity contribution is -0.121. The molecular weight excluding hydrogens is 278 g/mol. The summed E-state index contributed by atoms with van der Waals surface area (Å²) in [5, 5.41) is 3.23. The van der Waals surface area contributed by atoms with E-state index < -0.39 is 0 Å². The van der Waals surface area contributed by atoms with Gasteiger partial charge in [0.15, 0.2) is 0 Å². The zero-order chi connectivity index (χ0) is 10.7. The van der Waals surface area contributed by atoms with Crippen molar-refractivity contribution < 1.29 is 9.53 Å². The highest BCUT2D eigenvalue weighted by Gasteiger charge is 2.30. The molecule has 5 heteroatoms. The van der Waals surface area contributed by atoms with E-state index in [-0.39, 0.29) is 22.0 Å². The third-order valence-electron chi connectivity index (χ3n) is 2.81. The summed E-state index contributed by atoms with van der Waals surface area (Å²) in [6.45, 7) is 1.34. The van der Waals surface area contributed by atoms with Gasteiger partial charge in [-0.1, -0.05) is 22.4 Å². The summed E-state index contributed by atoms with van der Waals surface area (Å²) < 4.78 is 5.29. The van der Waals surface area contributed by atoms with E-state index in [1.165, 1.54) is 12.8 Å². The lowest BCUT2D eigenvalue weighted by Crippen LogP contribution is -2.44. The zero-order valence-electron chi connectivity index (χ0n) is 8.58. The van der Waals surface area contributed by atoms with Crippen LogP contribution in [0.5, 0.6) is 0 Å². The molecule has 2 fully saturated rings. The monoisotopic (exact) mass is 293 g/mol. The number of carbonyl (C=O) groups excluding carboxylic acids is 1. The highest BCUT2D eigenvalue weighted by Crippen LogP contribution is 2.25. The Morgan fingerprint density at radius 2 is 2.27 bits per heavy atom. The van der Waals surface area contributed by atoms with Crippen LogP contribution in [-0.4, -0.2) is 41.0 Å². The summed E-state index contributed by atoms with van der Waals surface area (Å²) in [6, 6.07) is 0.153. The van der Waals surface area contributed by atoms with Crippen molar-refractivity contribution in [1.82, 2.24) is 5.32 Å². The van der Waals surface area contributed by atoms with Gasteiger partial charge in [0.2, 0.25) is 5.91 Å². The fourth-order valence-corrected chi connectivity index (χ4v) is 3.56. The summed E-state index contributed by atoms with van der Waals surface area (Å²) >= 11 is 5.30. The molecule has 0 radical (unpaired) electrons. The molecule has 2 heterocycles. The number of hydrogen-bond acceptors (Lipinski definition) is 3. The summed E-state index contributed by atoms with van der Waals surface area (Å²) in [7, 11) is 0. The van der Waals surface area contributed by atoms with Gasteiger partial charge >= 0.3 is 0 Å². The topological polar surface area (TPSA) is 38.3 Å². The van der Waals surface area contributed by atoms with Gasteiger partial charge in [-0.15, -0.1) is 11.8 Å². The van der Waals surface area contributed by atoms with Crippen LogP contribution in [0.2, 0.25) is 0 Å². The molecule has 0 saturated carbocycles. The van der Waals surface area contributed by atoms with E-state index in [2.05, 4.69) is 21.2 Å². The van der Waals surface area contributed by atoms with E-state index in [4.69, 9.17) is 4.74 Å². The molecule has 0 bridgehead atoms. The molecule has 2 rings (SSSR count). The van der Waals surface area contributed by atoms with Crippen molar-refractivity contribution >= 4 is 33.6 Å². The Bertz CT molecular complexity index is 233. The van der Waals surface area contributed by atoms with Gasteiger partial charge in [-0.25, -0.2) is 0 Å². The first-order valence-electron chi connectivity index (χ1n) is 5.41. The molecule has 0 aromatic heterocycles. The highest BCUT2D eigenvalue weighted by molar-refractivity contribution is 9.09. The smallest absolute Gasteiger partial charge is 0.233 e. The zero-order valence-corrected chi connectivity index (χ0v) is 11.0. The molecule has 0 aromatic carbocycles. The summed E-state index contributed by atoms with van der Waals surface area (Å²) in [6.07, 6.45) is 3.46. The quantitative estimate of drug-likeness (QED) is 0.785. The van der Waals surface area contributed by atoms with E-state index in [9.17, 15) is 4.79 Å². The van der Waals surface area contributed by atoms with Crippen molar-refractivity contribution in [3.8, 4) is 0 Å². The van der Waals surface area contributed by atoms with Crippen LogP contribution in [0.1, 0.15) is 19.3 Å². The summed E-state index contributed by atoms with van der Waals surface area (Å²) in [5.41, 5.74) is 0. The lowest BCUT2D eigenvalue weighted by atomic mass is 10.1. The Morgan fingerprint density at radius 1 is 1.40 bits per heavy atom. The van der Waals surface area contributed by atoms with E-state index in [0.29, 0.717) is 13.2 Å². The number of nitrogens with one attached hydrogen (secondary N) is 1. The van der Waals surface area contributed by atoms with Crippen LogP contribution < -0.4 is 5.32 Å². The first kappa shape index (κ1) is 11.7. The first-order chi connectivity index (χ1) is 7.27. The number of ether oxygens (including phenoxy) is 1. The van der Waals surface area contributed by atoms with Crippen LogP contribution in [0.25, 0.3) is 0 Å². The number of alkyl halides is 1. The van der Waals surface area contributed by atoms with E-state index >= 15 is 0 Å². The molecule has 2 saturated heterocycles. The summed E-state index contributed by atoms with van der Waals surface area (Å²) in [5.74, 6) is 1.32. The normalized spacial score (nSPS) is 36.5. The van der Waals surface area contributed by atoms with Crippen LogP contribution in [0, 0.1) is 0 Å². The van der Waals surface area contributed by atoms with Gasteiger partial charge in [-0.3, -0.25) is 4.79 Å². The number of carbonyl (C=O) groups is 1. The first-order valence-corrected chi connectivity index (χ1v) is 7.37. The molecule has 1 N–H and O–H groups in total. The van der Waals surface area contributed by atoms with Crippen molar-refractivity contribution in [3.05, 3.63) is 0 Å².